The molecule has 1 fully saturated rings. The van der Waals surface area contributed by atoms with Gasteiger partial charge in [-0.2, -0.15) is 0 Å². The Kier molecular flexibility index (Phi) is 6.24. The molecule has 0 radical (unpaired) electrons. The predicted octanol–water partition coefficient (Wildman–Crippen LogP) is 2.30. The van der Waals surface area contributed by atoms with Crippen LogP contribution in [0.3, 0.4) is 0 Å². The van der Waals surface area contributed by atoms with Gasteiger partial charge in [0.15, 0.2) is 0 Å². The molecule has 2 aromatic carbocycles. The van der Waals surface area contributed by atoms with Gasteiger partial charge in [-0.25, -0.2) is 0 Å². The van der Waals surface area contributed by atoms with E-state index >= 15 is 0 Å². The van der Waals surface area contributed by atoms with Crippen LogP contribution < -0.4 is 5.73 Å². The summed E-state index contributed by atoms with van der Waals surface area (Å²) in [6, 6.07) is 17.4. The first kappa shape index (κ1) is 19.1. The molecule has 1 saturated heterocycles. The fraction of sp³-hybridized carbons (Fsp3) is 0.364. The maximum absolute atomic E-state index is 12.6. The summed E-state index contributed by atoms with van der Waals surface area (Å²) in [5.74, 6) is 0.176. The number of carbonyl (C=O) groups excluding carboxylic acids is 2. The first-order chi connectivity index (χ1) is 13.0. The van der Waals surface area contributed by atoms with Gasteiger partial charge in [0.05, 0.1) is 6.42 Å². The molecule has 1 atom stereocenters. The van der Waals surface area contributed by atoms with Crippen molar-refractivity contribution in [3.05, 3.63) is 71.3 Å². The van der Waals surface area contributed by atoms with E-state index in [0.29, 0.717) is 39.0 Å². The summed E-state index contributed by atoms with van der Waals surface area (Å²) < 4.78 is 0. The number of hydrogen-bond donors (Lipinski definition) is 1. The largest absolute Gasteiger partial charge is 0.339 e. The first-order valence-corrected chi connectivity index (χ1v) is 9.45. The molecule has 0 spiro atoms. The van der Waals surface area contributed by atoms with Gasteiger partial charge in [0.25, 0.3) is 0 Å². The molecular weight excluding hydrogens is 338 g/mol. The topological polar surface area (TPSA) is 66.6 Å². The van der Waals surface area contributed by atoms with E-state index in [4.69, 9.17) is 5.73 Å². The Morgan fingerprint density at radius 1 is 0.889 bits per heavy atom. The highest BCUT2D eigenvalue weighted by Gasteiger charge is 2.25. The van der Waals surface area contributed by atoms with Crippen LogP contribution >= 0.6 is 0 Å². The molecule has 2 aromatic rings. The van der Waals surface area contributed by atoms with Crippen molar-refractivity contribution in [1.29, 1.82) is 0 Å². The first-order valence-electron chi connectivity index (χ1n) is 9.45. The van der Waals surface area contributed by atoms with Crippen LogP contribution in [0, 0.1) is 6.92 Å². The molecule has 1 heterocycles. The zero-order valence-electron chi connectivity index (χ0n) is 15.8. The Bertz CT molecular complexity index is 783. The Balaban J connectivity index is 1.49. The van der Waals surface area contributed by atoms with Crippen molar-refractivity contribution in [2.75, 3.05) is 26.2 Å². The van der Waals surface area contributed by atoms with Gasteiger partial charge in [-0.1, -0.05) is 54.6 Å². The third-order valence-corrected chi connectivity index (χ3v) is 5.21. The number of carbonyl (C=O) groups is 2. The van der Waals surface area contributed by atoms with Gasteiger partial charge in [-0.15, -0.1) is 0 Å². The maximum atomic E-state index is 12.6. The van der Waals surface area contributed by atoms with Crippen LogP contribution in [0.25, 0.3) is 0 Å². The van der Waals surface area contributed by atoms with Gasteiger partial charge >= 0.3 is 0 Å². The second kappa shape index (κ2) is 8.82. The molecule has 0 aliphatic carbocycles. The zero-order valence-corrected chi connectivity index (χ0v) is 15.8. The predicted molar refractivity (Wildman–Crippen MR) is 106 cm³/mol. The summed E-state index contributed by atoms with van der Waals surface area (Å²) in [4.78, 5) is 28.8. The highest BCUT2D eigenvalue weighted by Crippen LogP contribution is 2.16. The summed E-state index contributed by atoms with van der Waals surface area (Å²) in [5, 5.41) is 0. The maximum Gasteiger partial charge on any atom is 0.227 e. The lowest BCUT2D eigenvalue weighted by Gasteiger charge is -2.35. The van der Waals surface area contributed by atoms with Gasteiger partial charge in [-0.05, 0) is 23.6 Å². The zero-order chi connectivity index (χ0) is 19.2. The van der Waals surface area contributed by atoms with Crippen molar-refractivity contribution in [1.82, 2.24) is 9.80 Å². The van der Waals surface area contributed by atoms with Crippen molar-refractivity contribution in [3.63, 3.8) is 0 Å². The quantitative estimate of drug-likeness (QED) is 0.884. The van der Waals surface area contributed by atoms with Crippen LogP contribution in [0.2, 0.25) is 0 Å². The van der Waals surface area contributed by atoms with E-state index in [1.54, 1.807) is 0 Å². The molecule has 1 aliphatic heterocycles. The molecule has 5 heteroatoms. The van der Waals surface area contributed by atoms with E-state index in [0.717, 1.165) is 16.7 Å². The van der Waals surface area contributed by atoms with Gasteiger partial charge < -0.3 is 15.5 Å². The van der Waals surface area contributed by atoms with Crippen LogP contribution in [0.5, 0.6) is 0 Å². The van der Waals surface area contributed by atoms with Crippen LogP contribution in [-0.4, -0.2) is 47.8 Å². The smallest absolute Gasteiger partial charge is 0.227 e. The van der Waals surface area contributed by atoms with Crippen LogP contribution in [-0.2, 0) is 16.0 Å². The molecule has 27 heavy (non-hydrogen) atoms. The van der Waals surface area contributed by atoms with Gasteiger partial charge in [0, 0.05) is 38.6 Å². The van der Waals surface area contributed by atoms with E-state index in [9.17, 15) is 9.59 Å². The highest BCUT2D eigenvalue weighted by molar-refractivity contribution is 5.80. The summed E-state index contributed by atoms with van der Waals surface area (Å²) >= 11 is 0. The third kappa shape index (κ3) is 4.95. The minimum absolute atomic E-state index is 0.0531. The van der Waals surface area contributed by atoms with E-state index < -0.39 is 0 Å². The van der Waals surface area contributed by atoms with Crippen molar-refractivity contribution in [2.24, 2.45) is 5.73 Å². The van der Waals surface area contributed by atoms with E-state index in [1.807, 2.05) is 71.3 Å². The van der Waals surface area contributed by atoms with Crippen LogP contribution in [0.1, 0.15) is 29.2 Å². The molecule has 0 bridgehead atoms. The Hall–Kier alpha value is -2.66. The van der Waals surface area contributed by atoms with Crippen LogP contribution in [0.15, 0.2) is 54.6 Å². The van der Waals surface area contributed by atoms with Gasteiger partial charge in [-0.3, -0.25) is 9.59 Å². The van der Waals surface area contributed by atoms with Crippen molar-refractivity contribution in [2.45, 2.75) is 25.8 Å². The number of amides is 2. The van der Waals surface area contributed by atoms with Crippen LogP contribution in [0.4, 0.5) is 0 Å². The molecule has 1 aliphatic rings. The fourth-order valence-electron chi connectivity index (χ4n) is 3.42. The second-order valence-electron chi connectivity index (χ2n) is 7.09. The Morgan fingerprint density at radius 3 is 2.07 bits per heavy atom. The van der Waals surface area contributed by atoms with Gasteiger partial charge in [0.2, 0.25) is 11.8 Å². The molecule has 2 amide bonds. The lowest BCUT2D eigenvalue weighted by atomic mass is 10.0. The van der Waals surface area contributed by atoms with E-state index in [2.05, 4.69) is 0 Å². The third-order valence-electron chi connectivity index (χ3n) is 5.21. The van der Waals surface area contributed by atoms with Crippen molar-refractivity contribution >= 4 is 11.8 Å². The lowest BCUT2D eigenvalue weighted by molar-refractivity contribution is -0.139. The fourth-order valence-corrected chi connectivity index (χ4v) is 3.42. The molecule has 5 nitrogen and oxygen atoms in total. The summed E-state index contributed by atoms with van der Waals surface area (Å²) in [6.45, 7) is 4.32. The normalized spacial score (nSPS) is 15.5. The standard InChI is InChI=1S/C22H27N3O2/c1-17-7-5-6-10-19(17)15-21(26)24-11-13-25(14-12-24)22(27)16-20(23)18-8-3-2-4-9-18/h2-10,20H,11-16,23H2,1H3. The van der Waals surface area contributed by atoms with Gasteiger partial charge in [0.1, 0.15) is 0 Å². The molecule has 2 N–H and O–H groups in total. The summed E-state index contributed by atoms with van der Waals surface area (Å²) in [6.07, 6.45) is 0.709. The van der Waals surface area contributed by atoms with E-state index in [1.165, 1.54) is 0 Å². The minimum atomic E-state index is -0.292. The number of nitrogens with zero attached hydrogens (tertiary/aromatic N) is 2. The monoisotopic (exact) mass is 365 g/mol. The number of benzene rings is 2. The SMILES string of the molecule is Cc1ccccc1CC(=O)N1CCN(C(=O)CC(N)c2ccccc2)CC1. The molecule has 142 valence electrons. The summed E-state index contributed by atoms with van der Waals surface area (Å²) in [5.41, 5.74) is 9.33. The second-order valence-corrected chi connectivity index (χ2v) is 7.09. The van der Waals surface area contributed by atoms with Crippen molar-refractivity contribution < 1.29 is 9.59 Å². The number of nitrogens with two attached hydrogens (primary N) is 1. The van der Waals surface area contributed by atoms with Crippen molar-refractivity contribution in [3.8, 4) is 0 Å². The molecule has 1 unspecified atom stereocenters. The number of hydrogen-bond acceptors (Lipinski definition) is 3. The minimum Gasteiger partial charge on any atom is -0.339 e. The highest BCUT2D eigenvalue weighted by atomic mass is 16.2. The molecule has 0 aromatic heterocycles. The number of aryl methyl sites for hydroxylation is 1. The summed E-state index contributed by atoms with van der Waals surface area (Å²) in [7, 11) is 0. The average molecular weight is 365 g/mol. The van der Waals surface area contributed by atoms with E-state index in [-0.39, 0.29) is 17.9 Å². The number of piperazine rings is 1. The molecule has 3 rings (SSSR count). The Morgan fingerprint density at radius 2 is 1.44 bits per heavy atom. The lowest BCUT2D eigenvalue weighted by Crippen LogP contribution is -2.51. The molecular formula is C22H27N3O2. The number of rotatable bonds is 5. The molecule has 0 saturated carbocycles. The average Bonchev–Trinajstić information content (AvgIpc) is 2.70. The Labute approximate surface area is 160 Å².